The molecule has 0 aromatic heterocycles. The molecule has 1 fully saturated rings. The number of hydrogen-bond acceptors (Lipinski definition) is 5. The Morgan fingerprint density at radius 3 is 2.37 bits per heavy atom. The number of hydrogen-bond donors (Lipinski definition) is 2. The molecule has 1 aromatic carbocycles. The maximum Gasteiger partial charge on any atom is 0.251 e. The molecule has 2 rings (SSSR count). The molecular weight excluding hydrogens is 390 g/mol. The Balaban J connectivity index is 0.00000364. The van der Waals surface area contributed by atoms with E-state index in [1.807, 2.05) is 13.8 Å². The molecule has 1 aliphatic heterocycles. The fourth-order valence-electron chi connectivity index (χ4n) is 2.95. The SMILES string of the molecule is CCC(N)(CC)CNC(=O)c1ccc(OC)c(S(=O)(=O)N2CCCC2)c1.Cl. The summed E-state index contributed by atoms with van der Waals surface area (Å²) in [7, 11) is -2.27. The third kappa shape index (κ3) is 5.34. The molecule has 1 amide bonds. The summed E-state index contributed by atoms with van der Waals surface area (Å²) >= 11 is 0. The van der Waals surface area contributed by atoms with Crippen molar-refractivity contribution in [2.75, 3.05) is 26.7 Å². The van der Waals surface area contributed by atoms with Crippen molar-refractivity contribution in [1.82, 2.24) is 9.62 Å². The lowest BCUT2D eigenvalue weighted by molar-refractivity contribution is 0.0942. The van der Waals surface area contributed by atoms with Crippen LogP contribution in [0.25, 0.3) is 0 Å². The first kappa shape index (κ1) is 23.7. The highest BCUT2D eigenvalue weighted by molar-refractivity contribution is 7.89. The molecule has 1 aromatic rings. The number of nitrogens with one attached hydrogen (secondary N) is 1. The summed E-state index contributed by atoms with van der Waals surface area (Å²) in [6, 6.07) is 4.47. The van der Waals surface area contributed by atoms with Crippen LogP contribution in [0.2, 0.25) is 0 Å². The van der Waals surface area contributed by atoms with Crippen molar-refractivity contribution in [2.24, 2.45) is 5.73 Å². The van der Waals surface area contributed by atoms with Gasteiger partial charge in [0.05, 0.1) is 7.11 Å². The maximum absolute atomic E-state index is 12.9. The minimum atomic E-state index is -3.69. The van der Waals surface area contributed by atoms with Crippen LogP contribution in [-0.2, 0) is 10.0 Å². The van der Waals surface area contributed by atoms with Gasteiger partial charge in [0, 0.05) is 30.7 Å². The quantitative estimate of drug-likeness (QED) is 0.672. The number of nitrogens with zero attached hydrogens (tertiary/aromatic N) is 1. The number of carbonyl (C=O) groups excluding carboxylic acids is 1. The van der Waals surface area contributed by atoms with Gasteiger partial charge in [-0.15, -0.1) is 12.4 Å². The zero-order valence-corrected chi connectivity index (χ0v) is 17.8. The van der Waals surface area contributed by atoms with Crippen molar-refractivity contribution in [3.05, 3.63) is 23.8 Å². The topological polar surface area (TPSA) is 102 Å². The normalized spacial score (nSPS) is 15.3. The standard InChI is InChI=1S/C18H29N3O4S.ClH/c1-4-18(19,5-2)13-20-17(22)14-8-9-15(25-3)16(12-14)26(23,24)21-10-6-7-11-21;/h8-9,12H,4-7,10-11,13,19H2,1-3H3,(H,20,22);1H. The lowest BCUT2D eigenvalue weighted by Crippen LogP contribution is -2.49. The van der Waals surface area contributed by atoms with Crippen LogP contribution in [0.5, 0.6) is 5.75 Å². The summed E-state index contributed by atoms with van der Waals surface area (Å²) in [6.07, 6.45) is 3.16. The van der Waals surface area contributed by atoms with Gasteiger partial charge in [0.1, 0.15) is 10.6 Å². The van der Waals surface area contributed by atoms with E-state index in [0.29, 0.717) is 19.6 Å². The average molecular weight is 420 g/mol. The number of sulfonamides is 1. The molecule has 0 atom stereocenters. The third-order valence-electron chi connectivity index (χ3n) is 5.12. The van der Waals surface area contributed by atoms with E-state index in [-0.39, 0.29) is 34.5 Å². The Morgan fingerprint density at radius 1 is 1.26 bits per heavy atom. The zero-order valence-electron chi connectivity index (χ0n) is 16.2. The zero-order chi connectivity index (χ0) is 19.4. The van der Waals surface area contributed by atoms with Crippen LogP contribution in [0.4, 0.5) is 0 Å². The van der Waals surface area contributed by atoms with E-state index in [0.717, 1.165) is 25.7 Å². The minimum Gasteiger partial charge on any atom is -0.495 e. The molecule has 27 heavy (non-hydrogen) atoms. The van der Waals surface area contributed by atoms with Gasteiger partial charge in [-0.3, -0.25) is 4.79 Å². The van der Waals surface area contributed by atoms with E-state index in [1.54, 1.807) is 6.07 Å². The second kappa shape index (κ2) is 9.73. The summed E-state index contributed by atoms with van der Waals surface area (Å²) in [4.78, 5) is 12.5. The van der Waals surface area contributed by atoms with E-state index >= 15 is 0 Å². The largest absolute Gasteiger partial charge is 0.495 e. The van der Waals surface area contributed by atoms with E-state index in [4.69, 9.17) is 10.5 Å². The van der Waals surface area contributed by atoms with Crippen molar-refractivity contribution in [1.29, 1.82) is 0 Å². The van der Waals surface area contributed by atoms with Gasteiger partial charge >= 0.3 is 0 Å². The van der Waals surface area contributed by atoms with E-state index in [9.17, 15) is 13.2 Å². The molecule has 3 N–H and O–H groups in total. The first-order valence-corrected chi connectivity index (χ1v) is 10.5. The molecule has 0 spiro atoms. The van der Waals surface area contributed by atoms with E-state index in [1.165, 1.54) is 23.5 Å². The number of nitrogens with two attached hydrogens (primary N) is 1. The molecule has 154 valence electrons. The molecule has 0 unspecified atom stereocenters. The summed E-state index contributed by atoms with van der Waals surface area (Å²) in [5.74, 6) is -0.106. The minimum absolute atomic E-state index is 0. The Kier molecular flexibility index (Phi) is 8.53. The molecular formula is C18H30ClN3O4S. The van der Waals surface area contributed by atoms with Crippen molar-refractivity contribution in [3.8, 4) is 5.75 Å². The molecule has 1 saturated heterocycles. The highest BCUT2D eigenvalue weighted by Crippen LogP contribution is 2.29. The van der Waals surface area contributed by atoms with Gasteiger partial charge in [-0.2, -0.15) is 4.31 Å². The number of ether oxygens (including phenoxy) is 1. The van der Waals surface area contributed by atoms with Gasteiger partial charge in [-0.25, -0.2) is 8.42 Å². The Bertz CT molecular complexity index is 745. The van der Waals surface area contributed by atoms with Crippen LogP contribution >= 0.6 is 12.4 Å². The smallest absolute Gasteiger partial charge is 0.251 e. The van der Waals surface area contributed by atoms with Gasteiger partial charge in [0.25, 0.3) is 5.91 Å². The third-order valence-corrected chi connectivity index (χ3v) is 7.04. The number of rotatable bonds is 8. The number of carbonyl (C=O) groups is 1. The second-order valence-electron chi connectivity index (χ2n) is 6.73. The summed E-state index contributed by atoms with van der Waals surface area (Å²) in [5, 5.41) is 2.81. The molecule has 0 radical (unpaired) electrons. The van der Waals surface area contributed by atoms with E-state index < -0.39 is 15.6 Å². The molecule has 1 aliphatic rings. The van der Waals surface area contributed by atoms with Crippen LogP contribution in [0.3, 0.4) is 0 Å². The fourth-order valence-corrected chi connectivity index (χ4v) is 4.64. The van der Waals surface area contributed by atoms with Gasteiger partial charge < -0.3 is 15.8 Å². The van der Waals surface area contributed by atoms with Crippen molar-refractivity contribution >= 4 is 28.3 Å². The number of benzene rings is 1. The lowest BCUT2D eigenvalue weighted by Gasteiger charge is -2.26. The Morgan fingerprint density at radius 2 is 1.85 bits per heavy atom. The number of amides is 1. The van der Waals surface area contributed by atoms with Crippen molar-refractivity contribution < 1.29 is 17.9 Å². The van der Waals surface area contributed by atoms with E-state index in [2.05, 4.69) is 5.32 Å². The molecule has 9 heteroatoms. The van der Waals surface area contributed by atoms with Gasteiger partial charge in [-0.05, 0) is 43.9 Å². The molecule has 0 saturated carbocycles. The van der Waals surface area contributed by atoms with Gasteiger partial charge in [-0.1, -0.05) is 13.8 Å². The van der Waals surface area contributed by atoms with Crippen LogP contribution in [-0.4, -0.2) is 50.9 Å². The Labute approximate surface area is 168 Å². The lowest BCUT2D eigenvalue weighted by atomic mass is 9.94. The average Bonchev–Trinajstić information content (AvgIpc) is 3.21. The predicted molar refractivity (Wildman–Crippen MR) is 108 cm³/mol. The van der Waals surface area contributed by atoms with Crippen LogP contribution in [0.15, 0.2) is 23.1 Å². The summed E-state index contributed by atoms with van der Waals surface area (Å²) in [6.45, 7) is 5.27. The monoisotopic (exact) mass is 419 g/mol. The number of methoxy groups -OCH3 is 1. The van der Waals surface area contributed by atoms with Gasteiger partial charge in [0.15, 0.2) is 0 Å². The van der Waals surface area contributed by atoms with Crippen molar-refractivity contribution in [2.45, 2.75) is 50.0 Å². The highest BCUT2D eigenvalue weighted by Gasteiger charge is 2.31. The van der Waals surface area contributed by atoms with Crippen LogP contribution < -0.4 is 15.8 Å². The molecule has 0 bridgehead atoms. The van der Waals surface area contributed by atoms with Crippen LogP contribution in [0.1, 0.15) is 49.9 Å². The first-order valence-electron chi connectivity index (χ1n) is 9.02. The summed E-state index contributed by atoms with van der Waals surface area (Å²) < 4.78 is 32.4. The Hall–Kier alpha value is -1.35. The molecule has 7 nitrogen and oxygen atoms in total. The van der Waals surface area contributed by atoms with Gasteiger partial charge in [0.2, 0.25) is 10.0 Å². The predicted octanol–water partition coefficient (Wildman–Crippen LogP) is 2.15. The van der Waals surface area contributed by atoms with Crippen molar-refractivity contribution in [3.63, 3.8) is 0 Å². The summed E-state index contributed by atoms with van der Waals surface area (Å²) in [5.41, 5.74) is 6.02. The maximum atomic E-state index is 12.9. The first-order chi connectivity index (χ1) is 12.3. The fraction of sp³-hybridized carbons (Fsp3) is 0.611. The highest BCUT2D eigenvalue weighted by atomic mass is 35.5. The molecule has 1 heterocycles. The second-order valence-corrected chi connectivity index (χ2v) is 8.64. The number of halogens is 1. The molecule has 0 aliphatic carbocycles. The van der Waals surface area contributed by atoms with Crippen LogP contribution in [0, 0.1) is 0 Å².